The third-order valence-electron chi connectivity index (χ3n) is 3.34. The fraction of sp³-hybridized carbons (Fsp3) is 0.375. The molecule has 0 aliphatic rings. The second-order valence-corrected chi connectivity index (χ2v) is 5.08. The van der Waals surface area contributed by atoms with Gasteiger partial charge >= 0.3 is 6.18 Å². The predicted octanol–water partition coefficient (Wildman–Crippen LogP) is 4.54. The largest absolute Gasteiger partial charge is 0.433 e. The summed E-state index contributed by atoms with van der Waals surface area (Å²) in [6, 6.07) is 6.68. The molecule has 2 rings (SSSR count). The molecule has 0 spiro atoms. The summed E-state index contributed by atoms with van der Waals surface area (Å²) in [5.74, 6) is 0.0729. The number of halogens is 3. The highest BCUT2D eigenvalue weighted by molar-refractivity contribution is 5.65. The Labute approximate surface area is 133 Å². The summed E-state index contributed by atoms with van der Waals surface area (Å²) in [5, 5.41) is 5.74. The van der Waals surface area contributed by atoms with Crippen LogP contribution in [0.25, 0.3) is 0 Å². The Morgan fingerprint density at radius 1 is 1.13 bits per heavy atom. The first kappa shape index (κ1) is 17.1. The highest BCUT2D eigenvalue weighted by atomic mass is 19.4. The van der Waals surface area contributed by atoms with Gasteiger partial charge in [0.25, 0.3) is 0 Å². The van der Waals surface area contributed by atoms with E-state index in [1.807, 2.05) is 32.0 Å². The van der Waals surface area contributed by atoms with Gasteiger partial charge < -0.3 is 10.6 Å². The van der Waals surface area contributed by atoms with E-state index in [1.165, 1.54) is 0 Å². The number of anilines is 3. The van der Waals surface area contributed by atoms with Crippen LogP contribution in [-0.2, 0) is 12.6 Å². The summed E-state index contributed by atoms with van der Waals surface area (Å²) >= 11 is 0. The first-order chi connectivity index (χ1) is 10.8. The molecule has 0 unspecified atom stereocenters. The van der Waals surface area contributed by atoms with Gasteiger partial charge in [-0.05, 0) is 31.4 Å². The van der Waals surface area contributed by atoms with Gasteiger partial charge in [0, 0.05) is 18.3 Å². The van der Waals surface area contributed by atoms with Crippen molar-refractivity contribution in [2.45, 2.75) is 33.4 Å². The van der Waals surface area contributed by atoms with E-state index < -0.39 is 11.9 Å². The number of alkyl halides is 3. The molecule has 0 aliphatic heterocycles. The molecule has 0 saturated heterocycles. The molecule has 0 atom stereocenters. The molecule has 0 fully saturated rings. The molecule has 1 aromatic carbocycles. The van der Waals surface area contributed by atoms with Gasteiger partial charge in [0.15, 0.2) is 5.69 Å². The molecule has 23 heavy (non-hydrogen) atoms. The van der Waals surface area contributed by atoms with Crippen molar-refractivity contribution in [2.24, 2.45) is 0 Å². The second kappa shape index (κ2) is 6.85. The van der Waals surface area contributed by atoms with Crippen molar-refractivity contribution in [1.29, 1.82) is 0 Å². The highest BCUT2D eigenvalue weighted by Crippen LogP contribution is 2.31. The minimum absolute atomic E-state index is 0.0449. The molecule has 0 bridgehead atoms. The molecular formula is C16H19F3N4. The Kier molecular flexibility index (Phi) is 5.08. The van der Waals surface area contributed by atoms with Gasteiger partial charge in [-0.3, -0.25) is 0 Å². The number of hydrogen-bond acceptors (Lipinski definition) is 4. The lowest BCUT2D eigenvalue weighted by atomic mass is 10.1. The van der Waals surface area contributed by atoms with Crippen LogP contribution in [0.4, 0.5) is 30.6 Å². The molecule has 0 saturated carbocycles. The quantitative estimate of drug-likeness (QED) is 0.847. The van der Waals surface area contributed by atoms with E-state index in [2.05, 4.69) is 20.6 Å². The molecule has 2 N–H and O–H groups in total. The molecule has 4 nitrogen and oxygen atoms in total. The Hall–Kier alpha value is -2.31. The molecule has 0 radical (unpaired) electrons. The lowest BCUT2D eigenvalue weighted by Gasteiger charge is -2.15. The van der Waals surface area contributed by atoms with Crippen molar-refractivity contribution >= 4 is 17.5 Å². The Bertz CT molecular complexity index is 684. The molecule has 1 heterocycles. The number of para-hydroxylation sites is 1. The van der Waals surface area contributed by atoms with Crippen molar-refractivity contribution in [3.8, 4) is 0 Å². The topological polar surface area (TPSA) is 49.8 Å². The molecule has 2 aromatic rings. The van der Waals surface area contributed by atoms with Crippen molar-refractivity contribution in [3.63, 3.8) is 0 Å². The van der Waals surface area contributed by atoms with Crippen molar-refractivity contribution < 1.29 is 13.2 Å². The number of aromatic nitrogens is 2. The Morgan fingerprint density at radius 2 is 1.87 bits per heavy atom. The fourth-order valence-electron chi connectivity index (χ4n) is 2.22. The number of aryl methyl sites for hydroxylation is 2. The average Bonchev–Trinajstić information content (AvgIpc) is 2.48. The highest BCUT2D eigenvalue weighted by Gasteiger charge is 2.33. The maximum Gasteiger partial charge on any atom is 0.433 e. The van der Waals surface area contributed by atoms with E-state index in [4.69, 9.17) is 0 Å². The number of rotatable bonds is 5. The van der Waals surface area contributed by atoms with Crippen LogP contribution in [0.3, 0.4) is 0 Å². The van der Waals surface area contributed by atoms with Gasteiger partial charge in [-0.2, -0.15) is 18.2 Å². The van der Waals surface area contributed by atoms with Crippen LogP contribution < -0.4 is 10.6 Å². The van der Waals surface area contributed by atoms with Crippen LogP contribution in [-0.4, -0.2) is 16.5 Å². The lowest BCUT2D eigenvalue weighted by molar-refractivity contribution is -0.141. The number of hydrogen-bond donors (Lipinski definition) is 2. The molecule has 0 amide bonds. The minimum Gasteiger partial charge on any atom is -0.354 e. The van der Waals surface area contributed by atoms with Gasteiger partial charge in [-0.1, -0.05) is 25.1 Å². The molecular weight excluding hydrogens is 305 g/mol. The first-order valence-corrected chi connectivity index (χ1v) is 7.40. The standard InChI is InChI=1S/C16H19F3N4/c1-4-11-8-6-7-10(3)14(11)22-13-9-12(16(17,18)19)21-15(23-13)20-5-2/h6-9H,4-5H2,1-3H3,(H2,20,21,22,23). The van der Waals surface area contributed by atoms with E-state index in [0.29, 0.717) is 6.54 Å². The lowest BCUT2D eigenvalue weighted by Crippen LogP contribution is -2.13. The average molecular weight is 324 g/mol. The maximum absolute atomic E-state index is 13.0. The third kappa shape index (κ3) is 4.12. The SMILES string of the molecule is CCNc1nc(Nc2c(C)cccc2CC)cc(C(F)(F)F)n1. The monoisotopic (exact) mass is 324 g/mol. The number of nitrogens with zero attached hydrogens (tertiary/aromatic N) is 2. The van der Waals surface area contributed by atoms with Crippen LogP contribution in [0.15, 0.2) is 24.3 Å². The normalized spacial score (nSPS) is 11.4. The van der Waals surface area contributed by atoms with Crippen molar-refractivity contribution in [2.75, 3.05) is 17.2 Å². The van der Waals surface area contributed by atoms with Crippen LogP contribution >= 0.6 is 0 Å². The Balaban J connectivity index is 2.45. The van der Waals surface area contributed by atoms with Crippen LogP contribution in [0, 0.1) is 6.92 Å². The summed E-state index contributed by atoms with van der Waals surface area (Å²) in [4.78, 5) is 7.63. The smallest absolute Gasteiger partial charge is 0.354 e. The van der Waals surface area contributed by atoms with Gasteiger partial charge in [0.2, 0.25) is 5.95 Å². The summed E-state index contributed by atoms with van der Waals surface area (Å²) in [6.07, 6.45) is -3.76. The molecule has 7 heteroatoms. The van der Waals surface area contributed by atoms with E-state index in [0.717, 1.165) is 29.3 Å². The van der Waals surface area contributed by atoms with Crippen molar-refractivity contribution in [1.82, 2.24) is 9.97 Å². The van der Waals surface area contributed by atoms with E-state index in [1.54, 1.807) is 6.92 Å². The van der Waals surface area contributed by atoms with E-state index in [9.17, 15) is 13.2 Å². The first-order valence-electron chi connectivity index (χ1n) is 7.40. The van der Waals surface area contributed by atoms with Gasteiger partial charge in [0.1, 0.15) is 5.82 Å². The minimum atomic E-state index is -4.52. The van der Waals surface area contributed by atoms with Crippen molar-refractivity contribution in [3.05, 3.63) is 41.1 Å². The van der Waals surface area contributed by atoms with Gasteiger partial charge in [-0.15, -0.1) is 0 Å². The molecule has 0 aliphatic carbocycles. The van der Waals surface area contributed by atoms with Gasteiger partial charge in [0.05, 0.1) is 0 Å². The number of nitrogens with one attached hydrogen (secondary N) is 2. The zero-order chi connectivity index (χ0) is 17.0. The zero-order valence-electron chi connectivity index (χ0n) is 13.3. The van der Waals surface area contributed by atoms with E-state index >= 15 is 0 Å². The van der Waals surface area contributed by atoms with E-state index in [-0.39, 0.29) is 11.8 Å². The molecule has 124 valence electrons. The molecule has 1 aromatic heterocycles. The summed E-state index contributed by atoms with van der Waals surface area (Å²) in [6.45, 7) is 6.10. The Morgan fingerprint density at radius 3 is 2.48 bits per heavy atom. The predicted molar refractivity (Wildman–Crippen MR) is 85.0 cm³/mol. The maximum atomic E-state index is 13.0. The summed E-state index contributed by atoms with van der Waals surface area (Å²) < 4.78 is 39.0. The van der Waals surface area contributed by atoms with Crippen LogP contribution in [0.1, 0.15) is 30.7 Å². The van der Waals surface area contributed by atoms with Crippen LogP contribution in [0.5, 0.6) is 0 Å². The number of benzene rings is 1. The summed E-state index contributed by atoms with van der Waals surface area (Å²) in [5.41, 5.74) is 1.77. The third-order valence-corrected chi connectivity index (χ3v) is 3.34. The summed E-state index contributed by atoms with van der Waals surface area (Å²) in [7, 11) is 0. The second-order valence-electron chi connectivity index (χ2n) is 5.08. The fourth-order valence-corrected chi connectivity index (χ4v) is 2.22. The zero-order valence-corrected chi connectivity index (χ0v) is 13.3. The van der Waals surface area contributed by atoms with Gasteiger partial charge in [-0.25, -0.2) is 4.98 Å². The van der Waals surface area contributed by atoms with Crippen LogP contribution in [0.2, 0.25) is 0 Å².